The lowest BCUT2D eigenvalue weighted by Crippen LogP contribution is -2.34. The highest BCUT2D eigenvalue weighted by Gasteiger charge is 2.21. The number of carbonyl (C=O) groups excluding carboxylic acids is 1. The third kappa shape index (κ3) is 2.93. The van der Waals surface area contributed by atoms with Gasteiger partial charge in [0.25, 0.3) is 11.5 Å². The molecule has 0 saturated heterocycles. The van der Waals surface area contributed by atoms with Crippen molar-refractivity contribution in [2.45, 2.75) is 25.2 Å². The lowest BCUT2D eigenvalue weighted by atomic mass is 9.83. The van der Waals surface area contributed by atoms with Gasteiger partial charge in [0.15, 0.2) is 0 Å². The van der Waals surface area contributed by atoms with Crippen molar-refractivity contribution in [1.29, 1.82) is 0 Å². The second-order valence-electron chi connectivity index (χ2n) is 6.40. The Balaban J connectivity index is 1.54. The molecule has 0 saturated carbocycles. The molecule has 0 spiro atoms. The Morgan fingerprint density at radius 2 is 2.04 bits per heavy atom. The number of benzene rings is 1. The first-order valence-electron chi connectivity index (χ1n) is 8.56. The summed E-state index contributed by atoms with van der Waals surface area (Å²) in [5.74, 6) is -0.0659. The largest absolute Gasteiger partial charge is 0.351 e. The maximum absolute atomic E-state index is 12.5. The van der Waals surface area contributed by atoms with E-state index in [9.17, 15) is 9.59 Å². The van der Waals surface area contributed by atoms with Gasteiger partial charge in [-0.25, -0.2) is 4.98 Å². The molecule has 1 unspecified atom stereocenters. The first-order valence-corrected chi connectivity index (χ1v) is 8.56. The fraction of sp³-hybridized carbons (Fsp3) is 0.250. The van der Waals surface area contributed by atoms with Crippen LogP contribution in [-0.2, 0) is 6.42 Å². The second-order valence-corrected chi connectivity index (χ2v) is 6.40. The molecule has 5 heteroatoms. The van der Waals surface area contributed by atoms with Crippen molar-refractivity contribution in [3.63, 3.8) is 0 Å². The number of amides is 1. The number of aromatic nitrogens is 2. The van der Waals surface area contributed by atoms with Crippen molar-refractivity contribution in [2.75, 3.05) is 6.54 Å². The van der Waals surface area contributed by atoms with Gasteiger partial charge in [0.05, 0.1) is 0 Å². The molecule has 0 aliphatic heterocycles. The molecule has 2 heterocycles. The minimum atomic E-state index is -0.362. The van der Waals surface area contributed by atoms with E-state index in [1.807, 2.05) is 12.1 Å². The van der Waals surface area contributed by atoms with Crippen LogP contribution in [0.1, 0.15) is 40.2 Å². The summed E-state index contributed by atoms with van der Waals surface area (Å²) in [5.41, 5.74) is 2.94. The molecule has 0 bridgehead atoms. The maximum Gasteiger partial charge on any atom is 0.270 e. The molecule has 1 aromatic carbocycles. The number of hydrogen-bond acceptors (Lipinski definition) is 3. The van der Waals surface area contributed by atoms with Gasteiger partial charge < -0.3 is 5.32 Å². The summed E-state index contributed by atoms with van der Waals surface area (Å²) in [4.78, 5) is 29.2. The van der Waals surface area contributed by atoms with Gasteiger partial charge in [0.2, 0.25) is 0 Å². The highest BCUT2D eigenvalue weighted by molar-refractivity contribution is 5.93. The minimum Gasteiger partial charge on any atom is -0.351 e. The van der Waals surface area contributed by atoms with E-state index in [0.29, 0.717) is 18.1 Å². The van der Waals surface area contributed by atoms with Crippen molar-refractivity contribution < 1.29 is 4.79 Å². The average molecular weight is 333 g/mol. The van der Waals surface area contributed by atoms with Crippen molar-refractivity contribution >= 4 is 11.6 Å². The molecule has 3 aromatic rings. The number of nitrogens with one attached hydrogen (secondary N) is 1. The smallest absolute Gasteiger partial charge is 0.270 e. The third-order valence-electron chi connectivity index (χ3n) is 4.86. The van der Waals surface area contributed by atoms with Crippen LogP contribution < -0.4 is 10.9 Å². The maximum atomic E-state index is 12.5. The topological polar surface area (TPSA) is 63.5 Å². The summed E-state index contributed by atoms with van der Waals surface area (Å²) >= 11 is 0. The van der Waals surface area contributed by atoms with Gasteiger partial charge in [-0.3, -0.25) is 14.0 Å². The Labute approximate surface area is 145 Å². The number of aryl methyl sites for hydroxylation is 1. The monoisotopic (exact) mass is 333 g/mol. The minimum absolute atomic E-state index is 0.0767. The fourth-order valence-electron chi connectivity index (χ4n) is 3.56. The van der Waals surface area contributed by atoms with Crippen molar-refractivity contribution in [2.24, 2.45) is 0 Å². The van der Waals surface area contributed by atoms with Crippen LogP contribution >= 0.6 is 0 Å². The van der Waals surface area contributed by atoms with Gasteiger partial charge in [-0.05, 0) is 42.5 Å². The zero-order chi connectivity index (χ0) is 17.2. The van der Waals surface area contributed by atoms with Crippen molar-refractivity contribution in [3.05, 3.63) is 81.9 Å². The van der Waals surface area contributed by atoms with E-state index in [0.717, 1.165) is 19.3 Å². The summed E-state index contributed by atoms with van der Waals surface area (Å²) < 4.78 is 1.39. The number of fused-ring (bicyclic) bond motifs is 2. The van der Waals surface area contributed by atoms with Crippen LogP contribution in [0.4, 0.5) is 0 Å². The lowest BCUT2D eigenvalue weighted by molar-refractivity contribution is 0.0948. The summed E-state index contributed by atoms with van der Waals surface area (Å²) in [6.45, 7) is 0.535. The number of hydrogen-bond donors (Lipinski definition) is 1. The van der Waals surface area contributed by atoms with E-state index in [1.54, 1.807) is 18.3 Å². The summed E-state index contributed by atoms with van der Waals surface area (Å²) in [7, 11) is 0. The predicted molar refractivity (Wildman–Crippen MR) is 95.9 cm³/mol. The first-order chi connectivity index (χ1) is 12.2. The van der Waals surface area contributed by atoms with Crippen LogP contribution in [0.5, 0.6) is 0 Å². The lowest BCUT2D eigenvalue weighted by Gasteiger charge is -2.25. The summed E-state index contributed by atoms with van der Waals surface area (Å²) in [6, 6.07) is 13.7. The van der Waals surface area contributed by atoms with Crippen LogP contribution in [0.15, 0.2) is 59.7 Å². The molecule has 25 heavy (non-hydrogen) atoms. The first kappa shape index (κ1) is 15.6. The van der Waals surface area contributed by atoms with Crippen LogP contribution in [0.25, 0.3) is 5.65 Å². The van der Waals surface area contributed by atoms with Gasteiger partial charge in [-0.1, -0.05) is 30.3 Å². The van der Waals surface area contributed by atoms with E-state index < -0.39 is 0 Å². The average Bonchev–Trinajstić information content (AvgIpc) is 2.66. The van der Waals surface area contributed by atoms with E-state index in [4.69, 9.17) is 0 Å². The summed E-state index contributed by atoms with van der Waals surface area (Å²) in [6.07, 6.45) is 6.25. The van der Waals surface area contributed by atoms with E-state index in [1.165, 1.54) is 21.7 Å². The Bertz CT molecular complexity index is 993. The molecule has 5 nitrogen and oxygen atoms in total. The van der Waals surface area contributed by atoms with Crippen LogP contribution in [0.3, 0.4) is 0 Å². The molecule has 1 amide bonds. The quantitative estimate of drug-likeness (QED) is 0.801. The summed E-state index contributed by atoms with van der Waals surface area (Å²) in [5, 5.41) is 2.92. The molecule has 1 aliphatic rings. The highest BCUT2D eigenvalue weighted by Crippen LogP contribution is 2.30. The van der Waals surface area contributed by atoms with E-state index in [-0.39, 0.29) is 17.0 Å². The molecule has 1 atom stereocenters. The molecular formula is C20H19N3O2. The van der Waals surface area contributed by atoms with Crippen molar-refractivity contribution in [3.8, 4) is 0 Å². The van der Waals surface area contributed by atoms with E-state index >= 15 is 0 Å². The van der Waals surface area contributed by atoms with Crippen LogP contribution in [-0.4, -0.2) is 21.8 Å². The van der Waals surface area contributed by atoms with Gasteiger partial charge in [0.1, 0.15) is 11.2 Å². The molecule has 2 aromatic heterocycles. The Hall–Kier alpha value is -2.95. The zero-order valence-corrected chi connectivity index (χ0v) is 13.8. The molecule has 1 N–H and O–H groups in total. The Kier molecular flexibility index (Phi) is 4.06. The zero-order valence-electron chi connectivity index (χ0n) is 13.8. The number of pyridine rings is 1. The van der Waals surface area contributed by atoms with Gasteiger partial charge in [-0.15, -0.1) is 0 Å². The van der Waals surface area contributed by atoms with Gasteiger partial charge in [-0.2, -0.15) is 0 Å². The molecular weight excluding hydrogens is 314 g/mol. The van der Waals surface area contributed by atoms with Crippen molar-refractivity contribution in [1.82, 2.24) is 14.7 Å². The van der Waals surface area contributed by atoms with Gasteiger partial charge >= 0.3 is 0 Å². The highest BCUT2D eigenvalue weighted by atomic mass is 16.2. The second kappa shape index (κ2) is 6.51. The van der Waals surface area contributed by atoms with Crippen LogP contribution in [0, 0.1) is 0 Å². The fourth-order valence-corrected chi connectivity index (χ4v) is 3.56. The standard InChI is InChI=1S/C20H19N3O2/c24-19(17-13-21-18-10-3-4-11-23(18)20(17)25)22-12-15-8-5-7-14-6-1-2-9-16(14)15/h1-4,6,9-11,13,15H,5,7-8,12H2,(H,22,24). The molecule has 4 rings (SSSR count). The number of rotatable bonds is 3. The molecule has 0 fully saturated rings. The Morgan fingerprint density at radius 3 is 2.96 bits per heavy atom. The molecule has 0 radical (unpaired) electrons. The SMILES string of the molecule is O=C(NCC1CCCc2ccccc21)c1cnc2ccccn2c1=O. The number of nitrogens with zero attached hydrogens (tertiary/aromatic N) is 2. The predicted octanol–water partition coefficient (Wildman–Crippen LogP) is 2.54. The molecule has 1 aliphatic carbocycles. The normalized spacial score (nSPS) is 16.4. The van der Waals surface area contributed by atoms with Gasteiger partial charge in [0, 0.05) is 24.9 Å². The Morgan fingerprint density at radius 1 is 1.20 bits per heavy atom. The van der Waals surface area contributed by atoms with E-state index in [2.05, 4.69) is 28.5 Å². The number of carbonyl (C=O) groups is 1. The van der Waals surface area contributed by atoms with Crippen LogP contribution in [0.2, 0.25) is 0 Å². The molecule has 126 valence electrons. The third-order valence-corrected chi connectivity index (χ3v) is 4.86.